The first-order chi connectivity index (χ1) is 10.3. The van der Waals surface area contributed by atoms with Crippen LogP contribution in [0.15, 0.2) is 36.8 Å². The van der Waals surface area contributed by atoms with Crippen molar-refractivity contribution in [2.24, 2.45) is 0 Å². The minimum atomic E-state index is -0.931. The summed E-state index contributed by atoms with van der Waals surface area (Å²) in [7, 11) is 1.55. The predicted molar refractivity (Wildman–Crippen MR) is 77.9 cm³/mol. The Labute approximate surface area is 127 Å². The van der Waals surface area contributed by atoms with Crippen LogP contribution < -0.4 is 0 Å². The molecule has 0 aliphatic rings. The van der Waals surface area contributed by atoms with E-state index in [1.807, 2.05) is 0 Å². The normalized spacial score (nSPS) is 11.3. The zero-order valence-corrected chi connectivity index (χ0v) is 12.7. The highest BCUT2D eigenvalue weighted by molar-refractivity contribution is 5.86. The fourth-order valence-corrected chi connectivity index (χ4v) is 2.21. The van der Waals surface area contributed by atoms with Crippen molar-refractivity contribution in [2.45, 2.75) is 25.8 Å². The Hall–Kier alpha value is -2.37. The first kappa shape index (κ1) is 16.0. The van der Waals surface area contributed by atoms with Crippen LogP contribution in [0, 0.1) is 11.6 Å². The second-order valence-corrected chi connectivity index (χ2v) is 5.59. The van der Waals surface area contributed by atoms with Crippen LogP contribution in [0.2, 0.25) is 0 Å². The first-order valence-corrected chi connectivity index (χ1v) is 6.79. The smallest absolute Gasteiger partial charge is 0.234 e. The van der Waals surface area contributed by atoms with E-state index in [9.17, 15) is 13.6 Å². The Kier molecular flexibility index (Phi) is 4.49. The number of amides is 1. The maximum atomic E-state index is 13.7. The summed E-state index contributed by atoms with van der Waals surface area (Å²) in [6.07, 6.45) is 4.56. The van der Waals surface area contributed by atoms with Gasteiger partial charge in [0.1, 0.15) is 0 Å². The van der Waals surface area contributed by atoms with Crippen molar-refractivity contribution in [3.8, 4) is 0 Å². The van der Waals surface area contributed by atoms with Gasteiger partial charge in [0.15, 0.2) is 11.6 Å². The van der Waals surface area contributed by atoms with Gasteiger partial charge in [-0.15, -0.1) is 0 Å². The molecular formula is C16H17F2N3O. The van der Waals surface area contributed by atoms with Crippen LogP contribution in [0.5, 0.6) is 0 Å². The van der Waals surface area contributed by atoms with Crippen molar-refractivity contribution in [1.82, 2.24) is 14.9 Å². The van der Waals surface area contributed by atoms with E-state index < -0.39 is 17.0 Å². The highest BCUT2D eigenvalue weighted by atomic mass is 19.2. The van der Waals surface area contributed by atoms with Crippen molar-refractivity contribution in [2.75, 3.05) is 7.05 Å². The molecule has 0 fully saturated rings. The van der Waals surface area contributed by atoms with E-state index >= 15 is 0 Å². The monoisotopic (exact) mass is 305 g/mol. The topological polar surface area (TPSA) is 46.1 Å². The molecule has 0 aliphatic carbocycles. The molecule has 0 bridgehead atoms. The van der Waals surface area contributed by atoms with Crippen LogP contribution in [0.4, 0.5) is 8.78 Å². The van der Waals surface area contributed by atoms with Crippen LogP contribution in [-0.4, -0.2) is 27.8 Å². The summed E-state index contributed by atoms with van der Waals surface area (Å²) >= 11 is 0. The zero-order valence-electron chi connectivity index (χ0n) is 12.7. The maximum absolute atomic E-state index is 13.7. The number of aromatic nitrogens is 2. The first-order valence-electron chi connectivity index (χ1n) is 6.79. The van der Waals surface area contributed by atoms with Crippen LogP contribution >= 0.6 is 0 Å². The SMILES string of the molecule is CN(Cc1cccc(F)c1F)C(=O)C(C)(C)c1cnccn1. The average molecular weight is 305 g/mol. The molecule has 2 rings (SSSR count). The Balaban J connectivity index is 2.20. The molecule has 0 unspecified atom stereocenters. The number of likely N-dealkylation sites (N-methyl/N-ethyl adjacent to an activating group) is 1. The van der Waals surface area contributed by atoms with Gasteiger partial charge < -0.3 is 4.90 Å². The lowest BCUT2D eigenvalue weighted by molar-refractivity contribution is -0.135. The summed E-state index contributed by atoms with van der Waals surface area (Å²) in [5, 5.41) is 0. The summed E-state index contributed by atoms with van der Waals surface area (Å²) in [5.41, 5.74) is -0.260. The number of carbonyl (C=O) groups is 1. The number of carbonyl (C=O) groups excluding carboxylic acids is 1. The number of hydrogen-bond acceptors (Lipinski definition) is 3. The number of hydrogen-bond donors (Lipinski definition) is 0. The Morgan fingerprint density at radius 2 is 2.00 bits per heavy atom. The number of rotatable bonds is 4. The molecule has 0 spiro atoms. The van der Waals surface area contributed by atoms with E-state index in [2.05, 4.69) is 9.97 Å². The predicted octanol–water partition coefficient (Wildman–Crippen LogP) is 2.69. The van der Waals surface area contributed by atoms with Crippen molar-refractivity contribution in [1.29, 1.82) is 0 Å². The van der Waals surface area contributed by atoms with Crippen LogP contribution in [0.1, 0.15) is 25.1 Å². The van der Waals surface area contributed by atoms with Crippen molar-refractivity contribution in [3.05, 3.63) is 59.7 Å². The fraction of sp³-hybridized carbons (Fsp3) is 0.312. The fourth-order valence-electron chi connectivity index (χ4n) is 2.21. The van der Waals surface area contributed by atoms with Crippen LogP contribution in [0.3, 0.4) is 0 Å². The third kappa shape index (κ3) is 3.10. The van der Waals surface area contributed by atoms with Gasteiger partial charge in [-0.05, 0) is 19.9 Å². The van der Waals surface area contributed by atoms with Crippen LogP contribution in [-0.2, 0) is 16.8 Å². The van der Waals surface area contributed by atoms with Gasteiger partial charge in [-0.25, -0.2) is 8.78 Å². The van der Waals surface area contributed by atoms with E-state index in [0.717, 1.165) is 6.07 Å². The lowest BCUT2D eigenvalue weighted by Gasteiger charge is -2.28. The number of halogens is 2. The van der Waals surface area contributed by atoms with Gasteiger partial charge in [0.05, 0.1) is 11.1 Å². The highest BCUT2D eigenvalue weighted by Gasteiger charge is 2.34. The Morgan fingerprint density at radius 1 is 1.27 bits per heavy atom. The van der Waals surface area contributed by atoms with Crippen molar-refractivity contribution >= 4 is 5.91 Å². The molecule has 116 valence electrons. The maximum Gasteiger partial charge on any atom is 0.234 e. The largest absolute Gasteiger partial charge is 0.341 e. The summed E-state index contributed by atoms with van der Waals surface area (Å²) in [4.78, 5) is 22.1. The molecular weight excluding hydrogens is 288 g/mol. The lowest BCUT2D eigenvalue weighted by Crippen LogP contribution is -2.41. The van der Waals surface area contributed by atoms with E-state index in [4.69, 9.17) is 0 Å². The van der Waals surface area contributed by atoms with Gasteiger partial charge in [0.2, 0.25) is 5.91 Å². The highest BCUT2D eigenvalue weighted by Crippen LogP contribution is 2.24. The second kappa shape index (κ2) is 6.17. The summed E-state index contributed by atoms with van der Waals surface area (Å²) in [5.74, 6) is -2.11. The van der Waals surface area contributed by atoms with E-state index in [1.54, 1.807) is 20.9 Å². The molecule has 1 aromatic carbocycles. The lowest BCUT2D eigenvalue weighted by atomic mass is 9.87. The Bertz CT molecular complexity index is 674. The minimum absolute atomic E-state index is 0.0217. The average Bonchev–Trinajstić information content (AvgIpc) is 2.51. The molecule has 1 aromatic heterocycles. The molecule has 22 heavy (non-hydrogen) atoms. The van der Waals surface area contributed by atoms with Gasteiger partial charge in [0, 0.05) is 37.7 Å². The van der Waals surface area contributed by atoms with Gasteiger partial charge in [-0.3, -0.25) is 14.8 Å². The minimum Gasteiger partial charge on any atom is -0.341 e. The molecule has 0 N–H and O–H groups in total. The third-order valence-corrected chi connectivity index (χ3v) is 3.52. The van der Waals surface area contributed by atoms with Crippen molar-refractivity contribution in [3.63, 3.8) is 0 Å². The molecule has 1 heterocycles. The van der Waals surface area contributed by atoms with Gasteiger partial charge in [-0.1, -0.05) is 12.1 Å². The molecule has 4 nitrogen and oxygen atoms in total. The molecule has 6 heteroatoms. The molecule has 0 saturated heterocycles. The Morgan fingerprint density at radius 3 is 2.64 bits per heavy atom. The summed E-state index contributed by atoms with van der Waals surface area (Å²) in [6.45, 7) is 3.42. The molecule has 0 atom stereocenters. The molecule has 1 amide bonds. The molecule has 0 saturated carbocycles. The molecule has 0 aliphatic heterocycles. The van der Waals surface area contributed by atoms with Gasteiger partial charge in [-0.2, -0.15) is 0 Å². The van der Waals surface area contributed by atoms with Gasteiger partial charge in [0.25, 0.3) is 0 Å². The quantitative estimate of drug-likeness (QED) is 0.872. The van der Waals surface area contributed by atoms with E-state index in [-0.39, 0.29) is 18.0 Å². The molecule has 2 aromatic rings. The summed E-state index contributed by atoms with van der Waals surface area (Å²) < 4.78 is 26.9. The summed E-state index contributed by atoms with van der Waals surface area (Å²) in [6, 6.07) is 3.92. The van der Waals surface area contributed by atoms with Gasteiger partial charge >= 0.3 is 0 Å². The standard InChI is InChI=1S/C16H17F2N3O/c1-16(2,13-9-19-7-8-20-13)15(22)21(3)10-11-5-4-6-12(17)14(11)18/h4-9H,10H2,1-3H3. The van der Waals surface area contributed by atoms with Crippen molar-refractivity contribution < 1.29 is 13.6 Å². The molecule has 0 radical (unpaired) electrons. The van der Waals surface area contributed by atoms with Crippen LogP contribution in [0.25, 0.3) is 0 Å². The zero-order chi connectivity index (χ0) is 16.3. The number of nitrogens with zero attached hydrogens (tertiary/aromatic N) is 3. The third-order valence-electron chi connectivity index (χ3n) is 3.52. The van der Waals surface area contributed by atoms with E-state index in [1.165, 1.54) is 35.6 Å². The van der Waals surface area contributed by atoms with E-state index in [0.29, 0.717) is 5.69 Å². The number of benzene rings is 1. The second-order valence-electron chi connectivity index (χ2n) is 5.59.